The molecule has 0 aliphatic heterocycles. The standard InChI is InChI=1S/C18H18N2O2/c1-12-5-6-16(13(2)7-12)17-9-18(19-10-21,20-11-22)15(4)8-14(17)3/h5-9,15H,1-4H3. The molecule has 0 spiro atoms. The first-order valence-electron chi connectivity index (χ1n) is 7.11. The van der Waals surface area contributed by atoms with Crippen LogP contribution in [0.2, 0.25) is 0 Å². The number of allylic oxidation sites excluding steroid dienone is 2. The molecule has 22 heavy (non-hydrogen) atoms. The Morgan fingerprint density at radius 3 is 2.27 bits per heavy atom. The third kappa shape index (κ3) is 2.75. The van der Waals surface area contributed by atoms with Crippen LogP contribution in [0.3, 0.4) is 0 Å². The van der Waals surface area contributed by atoms with Crippen molar-refractivity contribution in [3.8, 4) is 0 Å². The van der Waals surface area contributed by atoms with Crippen LogP contribution in [-0.4, -0.2) is 17.8 Å². The van der Waals surface area contributed by atoms with Crippen LogP contribution in [0.4, 0.5) is 0 Å². The Kier molecular flexibility index (Phi) is 4.37. The number of hydrogen-bond acceptors (Lipinski definition) is 4. The van der Waals surface area contributed by atoms with E-state index in [0.29, 0.717) is 0 Å². The molecule has 0 amide bonds. The van der Waals surface area contributed by atoms with Crippen molar-refractivity contribution in [3.63, 3.8) is 0 Å². The highest BCUT2D eigenvalue weighted by atomic mass is 16.1. The van der Waals surface area contributed by atoms with E-state index < -0.39 is 5.66 Å². The maximum absolute atomic E-state index is 10.8. The molecular formula is C18H18N2O2. The minimum atomic E-state index is -1.25. The van der Waals surface area contributed by atoms with Gasteiger partial charge in [-0.3, -0.25) is 0 Å². The first kappa shape index (κ1) is 15.8. The fraction of sp³-hybridized carbons (Fsp3) is 0.333. The Morgan fingerprint density at radius 1 is 1.09 bits per heavy atom. The predicted octanol–water partition coefficient (Wildman–Crippen LogP) is 3.65. The zero-order valence-corrected chi connectivity index (χ0v) is 13.2. The molecule has 4 nitrogen and oxygen atoms in total. The summed E-state index contributed by atoms with van der Waals surface area (Å²) in [5, 5.41) is 0. The van der Waals surface area contributed by atoms with Gasteiger partial charge in [-0.05, 0) is 49.1 Å². The molecule has 4 heteroatoms. The Balaban J connectivity index is 2.69. The van der Waals surface area contributed by atoms with Crippen molar-refractivity contribution in [2.45, 2.75) is 33.4 Å². The predicted molar refractivity (Wildman–Crippen MR) is 85.8 cm³/mol. The summed E-state index contributed by atoms with van der Waals surface area (Å²) in [6.45, 7) is 7.93. The SMILES string of the molecule is CC1=CC(C)C(N=C=O)(N=C=O)C=C1c1ccc(C)cc1C. The Bertz CT molecular complexity index is 743. The van der Waals surface area contributed by atoms with Crippen molar-refractivity contribution in [1.82, 2.24) is 0 Å². The molecular weight excluding hydrogens is 276 g/mol. The largest absolute Gasteiger partial charge is 0.237 e. The highest BCUT2D eigenvalue weighted by molar-refractivity contribution is 5.82. The van der Waals surface area contributed by atoms with Gasteiger partial charge >= 0.3 is 0 Å². The van der Waals surface area contributed by atoms with E-state index in [1.165, 1.54) is 17.7 Å². The van der Waals surface area contributed by atoms with Crippen molar-refractivity contribution in [2.24, 2.45) is 15.9 Å². The van der Waals surface area contributed by atoms with E-state index in [2.05, 4.69) is 16.1 Å². The van der Waals surface area contributed by atoms with Gasteiger partial charge in [-0.1, -0.05) is 36.8 Å². The zero-order chi connectivity index (χ0) is 16.3. The number of carbonyl (C=O) groups excluding carboxylic acids is 2. The topological polar surface area (TPSA) is 58.9 Å². The second-order valence-corrected chi connectivity index (χ2v) is 5.70. The minimum absolute atomic E-state index is 0.218. The molecule has 0 radical (unpaired) electrons. The van der Waals surface area contributed by atoms with Gasteiger partial charge in [0.25, 0.3) is 0 Å². The summed E-state index contributed by atoms with van der Waals surface area (Å²) in [7, 11) is 0. The molecule has 1 aliphatic rings. The number of hydrogen-bond donors (Lipinski definition) is 0. The van der Waals surface area contributed by atoms with Gasteiger partial charge in [0.2, 0.25) is 12.2 Å². The third-order valence-corrected chi connectivity index (χ3v) is 4.07. The quantitative estimate of drug-likeness (QED) is 0.631. The number of isocyanates is 2. The summed E-state index contributed by atoms with van der Waals surface area (Å²) in [5.74, 6) is -0.218. The lowest BCUT2D eigenvalue weighted by molar-refractivity contribution is 0.427. The van der Waals surface area contributed by atoms with Crippen LogP contribution in [0.1, 0.15) is 30.5 Å². The van der Waals surface area contributed by atoms with E-state index in [9.17, 15) is 9.59 Å². The van der Waals surface area contributed by atoms with Gasteiger partial charge < -0.3 is 0 Å². The van der Waals surface area contributed by atoms with Crippen LogP contribution in [0.5, 0.6) is 0 Å². The van der Waals surface area contributed by atoms with Gasteiger partial charge in [0, 0.05) is 5.92 Å². The molecule has 1 unspecified atom stereocenters. The van der Waals surface area contributed by atoms with E-state index in [4.69, 9.17) is 0 Å². The van der Waals surface area contributed by atoms with E-state index in [-0.39, 0.29) is 5.92 Å². The molecule has 0 aromatic heterocycles. The van der Waals surface area contributed by atoms with Crippen LogP contribution in [0.25, 0.3) is 5.57 Å². The molecule has 0 saturated heterocycles. The fourth-order valence-corrected chi connectivity index (χ4v) is 2.89. The lowest BCUT2D eigenvalue weighted by Crippen LogP contribution is -2.31. The number of aliphatic imine (C=N–C) groups is 2. The normalized spacial score (nSPS) is 23.7. The van der Waals surface area contributed by atoms with Gasteiger partial charge in [0.15, 0.2) is 5.66 Å². The van der Waals surface area contributed by atoms with Crippen LogP contribution in [0, 0.1) is 19.8 Å². The summed E-state index contributed by atoms with van der Waals surface area (Å²) in [6, 6.07) is 6.15. The summed E-state index contributed by atoms with van der Waals surface area (Å²) >= 11 is 0. The molecule has 1 atom stereocenters. The van der Waals surface area contributed by atoms with Gasteiger partial charge in [0.05, 0.1) is 0 Å². The third-order valence-electron chi connectivity index (χ3n) is 4.07. The van der Waals surface area contributed by atoms with Crippen molar-refractivity contribution in [2.75, 3.05) is 0 Å². The molecule has 112 valence electrons. The molecule has 1 aromatic carbocycles. The smallest absolute Gasteiger partial charge is 0.211 e. The molecule has 1 aliphatic carbocycles. The van der Waals surface area contributed by atoms with Crippen molar-refractivity contribution in [1.29, 1.82) is 0 Å². The number of benzene rings is 1. The molecule has 0 heterocycles. The summed E-state index contributed by atoms with van der Waals surface area (Å²) < 4.78 is 0. The number of rotatable bonds is 3. The molecule has 0 fully saturated rings. The van der Waals surface area contributed by atoms with E-state index in [0.717, 1.165) is 22.3 Å². The Morgan fingerprint density at radius 2 is 1.73 bits per heavy atom. The van der Waals surface area contributed by atoms with Crippen molar-refractivity contribution >= 4 is 17.7 Å². The molecule has 0 bridgehead atoms. The summed E-state index contributed by atoms with van der Waals surface area (Å²) in [4.78, 5) is 29.2. The van der Waals surface area contributed by atoms with Crippen LogP contribution < -0.4 is 0 Å². The first-order valence-corrected chi connectivity index (χ1v) is 7.11. The maximum Gasteiger partial charge on any atom is 0.237 e. The number of aryl methyl sites for hydroxylation is 2. The minimum Gasteiger partial charge on any atom is -0.211 e. The van der Waals surface area contributed by atoms with Gasteiger partial charge in [-0.25, -0.2) is 9.59 Å². The maximum atomic E-state index is 10.8. The molecule has 0 saturated carbocycles. The molecule has 2 rings (SSSR count). The molecule has 0 N–H and O–H groups in total. The summed E-state index contributed by atoms with van der Waals surface area (Å²) in [5.41, 5.74) is 4.07. The monoisotopic (exact) mass is 294 g/mol. The molecule has 1 aromatic rings. The van der Waals surface area contributed by atoms with E-state index in [1.807, 2.05) is 45.9 Å². The average Bonchev–Trinajstić information content (AvgIpc) is 2.44. The van der Waals surface area contributed by atoms with Gasteiger partial charge in [-0.15, -0.1) is 0 Å². The van der Waals surface area contributed by atoms with Gasteiger partial charge in [-0.2, -0.15) is 9.98 Å². The highest BCUT2D eigenvalue weighted by Gasteiger charge is 2.37. The fourth-order valence-electron chi connectivity index (χ4n) is 2.89. The van der Waals surface area contributed by atoms with Crippen molar-refractivity contribution < 1.29 is 9.59 Å². The van der Waals surface area contributed by atoms with Crippen molar-refractivity contribution in [3.05, 3.63) is 52.6 Å². The van der Waals surface area contributed by atoms with E-state index in [1.54, 1.807) is 6.08 Å². The second kappa shape index (κ2) is 6.07. The van der Waals surface area contributed by atoms with Crippen LogP contribution in [-0.2, 0) is 9.59 Å². The van der Waals surface area contributed by atoms with Crippen LogP contribution >= 0.6 is 0 Å². The number of nitrogens with zero attached hydrogens (tertiary/aromatic N) is 2. The Hall–Kier alpha value is -2.54. The second-order valence-electron chi connectivity index (χ2n) is 5.70. The summed E-state index contributed by atoms with van der Waals surface area (Å²) in [6.07, 6.45) is 6.80. The average molecular weight is 294 g/mol. The highest BCUT2D eigenvalue weighted by Crippen LogP contribution is 2.39. The van der Waals surface area contributed by atoms with Gasteiger partial charge in [0.1, 0.15) is 0 Å². The Labute approximate surface area is 130 Å². The van der Waals surface area contributed by atoms with Crippen LogP contribution in [0.15, 0.2) is 45.9 Å². The lowest BCUT2D eigenvalue weighted by Gasteiger charge is -2.30. The van der Waals surface area contributed by atoms with E-state index >= 15 is 0 Å². The zero-order valence-electron chi connectivity index (χ0n) is 13.2. The first-order chi connectivity index (χ1) is 10.4. The lowest BCUT2D eigenvalue weighted by atomic mass is 9.80.